The number of aryl methyl sites for hydroxylation is 1. The summed E-state index contributed by atoms with van der Waals surface area (Å²) in [7, 11) is 0. The Balaban J connectivity index is 1.88. The Morgan fingerprint density at radius 1 is 1.39 bits per heavy atom. The number of carboxylic acids is 1. The summed E-state index contributed by atoms with van der Waals surface area (Å²) in [6, 6.07) is 7.79. The van der Waals surface area contributed by atoms with E-state index in [0.717, 1.165) is 11.1 Å². The molecule has 120 valence electrons. The molecule has 23 heavy (non-hydrogen) atoms. The fourth-order valence-electron chi connectivity index (χ4n) is 3.21. The van der Waals surface area contributed by atoms with Crippen molar-refractivity contribution in [1.82, 2.24) is 9.97 Å². The maximum absolute atomic E-state index is 11.0. The van der Waals surface area contributed by atoms with Crippen molar-refractivity contribution < 1.29 is 15.0 Å². The van der Waals surface area contributed by atoms with Crippen LogP contribution in [0.3, 0.4) is 0 Å². The van der Waals surface area contributed by atoms with Crippen LogP contribution in [0.2, 0.25) is 0 Å². The second kappa shape index (κ2) is 5.96. The van der Waals surface area contributed by atoms with Crippen LogP contribution in [-0.2, 0) is 16.8 Å². The van der Waals surface area contributed by atoms with Crippen LogP contribution in [0.1, 0.15) is 23.1 Å². The molecule has 0 aliphatic carbocycles. The number of hydrogen-bond donors (Lipinski definition) is 2. The number of rotatable bonds is 4. The monoisotopic (exact) mass is 313 g/mol. The van der Waals surface area contributed by atoms with Crippen LogP contribution in [0, 0.1) is 6.92 Å². The molecule has 2 heterocycles. The van der Waals surface area contributed by atoms with E-state index in [4.69, 9.17) is 5.11 Å². The molecule has 0 bridgehead atoms. The van der Waals surface area contributed by atoms with Gasteiger partial charge in [0.2, 0.25) is 0 Å². The minimum atomic E-state index is -0.948. The Morgan fingerprint density at radius 2 is 2.17 bits per heavy atom. The first-order valence-corrected chi connectivity index (χ1v) is 7.54. The zero-order valence-electron chi connectivity index (χ0n) is 12.9. The molecule has 2 aromatic rings. The van der Waals surface area contributed by atoms with Crippen LogP contribution < -0.4 is 4.90 Å². The van der Waals surface area contributed by atoms with Gasteiger partial charge in [-0.25, -0.2) is 9.97 Å². The Morgan fingerprint density at radius 3 is 2.91 bits per heavy atom. The summed E-state index contributed by atoms with van der Waals surface area (Å²) < 4.78 is 0. The van der Waals surface area contributed by atoms with Gasteiger partial charge in [0.25, 0.3) is 0 Å². The van der Waals surface area contributed by atoms with E-state index in [-0.39, 0.29) is 6.42 Å². The van der Waals surface area contributed by atoms with Crippen molar-refractivity contribution in [3.05, 3.63) is 53.5 Å². The molecule has 1 aliphatic rings. The number of carbonyl (C=O) groups is 1. The molecule has 6 nitrogen and oxygen atoms in total. The van der Waals surface area contributed by atoms with E-state index in [2.05, 4.69) is 9.97 Å². The number of anilines is 1. The summed E-state index contributed by atoms with van der Waals surface area (Å²) in [5.74, 6) is -0.332. The third-order valence-corrected chi connectivity index (χ3v) is 4.30. The molecule has 1 aromatic carbocycles. The van der Waals surface area contributed by atoms with Crippen molar-refractivity contribution in [2.45, 2.75) is 25.4 Å². The molecule has 1 atom stereocenters. The Kier molecular flexibility index (Phi) is 4.00. The van der Waals surface area contributed by atoms with Gasteiger partial charge in [0.05, 0.1) is 13.0 Å². The first-order chi connectivity index (χ1) is 11.0. The number of nitrogens with zero attached hydrogens (tertiary/aromatic N) is 3. The fraction of sp³-hybridized carbons (Fsp3) is 0.353. The van der Waals surface area contributed by atoms with Crippen LogP contribution in [0.5, 0.6) is 0 Å². The summed E-state index contributed by atoms with van der Waals surface area (Å²) >= 11 is 0. The SMILES string of the molecule is Cc1ccccc1[C@]1(O)CCN(c2ncncc2CC(=O)O)C1. The van der Waals surface area contributed by atoms with Crippen molar-refractivity contribution in [1.29, 1.82) is 0 Å². The molecule has 1 aromatic heterocycles. The molecule has 6 heteroatoms. The van der Waals surface area contributed by atoms with E-state index >= 15 is 0 Å². The van der Waals surface area contributed by atoms with Crippen molar-refractivity contribution in [2.24, 2.45) is 0 Å². The van der Waals surface area contributed by atoms with Crippen LogP contribution >= 0.6 is 0 Å². The lowest BCUT2D eigenvalue weighted by Gasteiger charge is -2.26. The van der Waals surface area contributed by atoms with Crippen LogP contribution in [0.4, 0.5) is 5.82 Å². The van der Waals surface area contributed by atoms with E-state index < -0.39 is 11.6 Å². The van der Waals surface area contributed by atoms with Gasteiger partial charge in [0, 0.05) is 18.3 Å². The maximum Gasteiger partial charge on any atom is 0.308 e. The number of aliphatic carboxylic acids is 1. The Labute approximate surface area is 134 Å². The maximum atomic E-state index is 11.0. The van der Waals surface area contributed by atoms with E-state index in [0.29, 0.717) is 30.9 Å². The lowest BCUT2D eigenvalue weighted by molar-refractivity contribution is -0.136. The van der Waals surface area contributed by atoms with Gasteiger partial charge in [-0.15, -0.1) is 0 Å². The molecule has 1 saturated heterocycles. The van der Waals surface area contributed by atoms with E-state index in [1.165, 1.54) is 12.5 Å². The average Bonchev–Trinajstić information content (AvgIpc) is 2.91. The van der Waals surface area contributed by atoms with Gasteiger partial charge in [-0.05, 0) is 24.5 Å². The third kappa shape index (κ3) is 3.03. The molecule has 1 fully saturated rings. The Hall–Kier alpha value is -2.47. The predicted molar refractivity (Wildman–Crippen MR) is 85.3 cm³/mol. The lowest BCUT2D eigenvalue weighted by Crippen LogP contribution is -2.32. The van der Waals surface area contributed by atoms with Crippen molar-refractivity contribution in [2.75, 3.05) is 18.0 Å². The first-order valence-electron chi connectivity index (χ1n) is 7.54. The lowest BCUT2D eigenvalue weighted by atomic mass is 9.89. The minimum absolute atomic E-state index is 0.129. The number of benzene rings is 1. The molecule has 1 aliphatic heterocycles. The summed E-state index contributed by atoms with van der Waals surface area (Å²) in [6.45, 7) is 2.99. The number of aliphatic hydroxyl groups is 1. The van der Waals surface area contributed by atoms with Gasteiger partial charge in [-0.1, -0.05) is 24.3 Å². The zero-order valence-corrected chi connectivity index (χ0v) is 12.9. The number of carboxylic acid groups (broad SMARTS) is 1. The molecule has 0 radical (unpaired) electrons. The normalized spacial score (nSPS) is 20.7. The van der Waals surface area contributed by atoms with Crippen molar-refractivity contribution >= 4 is 11.8 Å². The number of aromatic nitrogens is 2. The van der Waals surface area contributed by atoms with Gasteiger partial charge < -0.3 is 15.1 Å². The number of β-amino-alcohol motifs (C(OH)–C–C–N with tert-alkyl or cyclic N) is 1. The van der Waals surface area contributed by atoms with E-state index in [1.807, 2.05) is 36.1 Å². The Bertz CT molecular complexity index is 735. The van der Waals surface area contributed by atoms with Crippen LogP contribution in [0.15, 0.2) is 36.8 Å². The summed E-state index contributed by atoms with van der Waals surface area (Å²) in [5, 5.41) is 20.1. The first kappa shape index (κ1) is 15.4. The van der Waals surface area contributed by atoms with Crippen molar-refractivity contribution in [3.8, 4) is 0 Å². The zero-order chi connectivity index (χ0) is 16.4. The van der Waals surface area contributed by atoms with Gasteiger partial charge >= 0.3 is 5.97 Å². The second-order valence-corrected chi connectivity index (χ2v) is 5.96. The average molecular weight is 313 g/mol. The topological polar surface area (TPSA) is 86.5 Å². The van der Waals surface area contributed by atoms with Gasteiger partial charge in [-0.3, -0.25) is 4.79 Å². The van der Waals surface area contributed by atoms with Crippen molar-refractivity contribution in [3.63, 3.8) is 0 Å². The highest BCUT2D eigenvalue weighted by molar-refractivity contribution is 5.72. The van der Waals surface area contributed by atoms with Crippen LogP contribution in [-0.4, -0.2) is 39.2 Å². The number of hydrogen-bond acceptors (Lipinski definition) is 5. The summed E-state index contributed by atoms with van der Waals surface area (Å²) in [6.07, 6.45) is 3.39. The van der Waals surface area contributed by atoms with E-state index in [1.54, 1.807) is 0 Å². The van der Waals surface area contributed by atoms with Gasteiger partial charge in [-0.2, -0.15) is 0 Å². The highest BCUT2D eigenvalue weighted by Gasteiger charge is 2.39. The van der Waals surface area contributed by atoms with Crippen LogP contribution in [0.25, 0.3) is 0 Å². The molecule has 0 saturated carbocycles. The molecule has 0 spiro atoms. The molecule has 0 unspecified atom stereocenters. The minimum Gasteiger partial charge on any atom is -0.481 e. The second-order valence-electron chi connectivity index (χ2n) is 5.96. The predicted octanol–water partition coefficient (Wildman–Crippen LogP) is 1.51. The summed E-state index contributed by atoms with van der Waals surface area (Å²) in [5.41, 5.74) is 1.58. The summed E-state index contributed by atoms with van der Waals surface area (Å²) in [4.78, 5) is 21.1. The highest BCUT2D eigenvalue weighted by Crippen LogP contribution is 2.36. The standard InChI is InChI=1S/C17H19N3O3/c1-12-4-2-3-5-14(12)17(23)6-7-20(10-17)16-13(8-15(21)22)9-18-11-19-16/h2-5,9,11,23H,6-8,10H2,1H3,(H,21,22)/t17-/m0/s1. The van der Waals surface area contributed by atoms with Gasteiger partial charge in [0.15, 0.2) is 0 Å². The van der Waals surface area contributed by atoms with E-state index in [9.17, 15) is 9.90 Å². The third-order valence-electron chi connectivity index (χ3n) is 4.30. The quantitative estimate of drug-likeness (QED) is 0.890. The van der Waals surface area contributed by atoms with Gasteiger partial charge in [0.1, 0.15) is 17.7 Å². The fourth-order valence-corrected chi connectivity index (χ4v) is 3.21. The molecular weight excluding hydrogens is 294 g/mol. The largest absolute Gasteiger partial charge is 0.481 e. The molecule has 3 rings (SSSR count). The molecule has 0 amide bonds. The molecule has 2 N–H and O–H groups in total. The molecular formula is C17H19N3O3. The highest BCUT2D eigenvalue weighted by atomic mass is 16.4. The smallest absolute Gasteiger partial charge is 0.308 e.